The van der Waals surface area contributed by atoms with Crippen LogP contribution in [0.3, 0.4) is 0 Å². The molecule has 0 unspecified atom stereocenters. The van der Waals surface area contributed by atoms with E-state index in [9.17, 15) is 0 Å². The summed E-state index contributed by atoms with van der Waals surface area (Å²) in [4.78, 5) is 0. The second-order valence-corrected chi connectivity index (χ2v) is 5.30. The van der Waals surface area contributed by atoms with E-state index in [-0.39, 0.29) is 0 Å². The van der Waals surface area contributed by atoms with Crippen LogP contribution in [0.2, 0.25) is 0 Å². The van der Waals surface area contributed by atoms with Crippen molar-refractivity contribution >= 4 is 0 Å². The van der Waals surface area contributed by atoms with Crippen molar-refractivity contribution in [2.45, 2.75) is 65.7 Å². The fourth-order valence-electron chi connectivity index (χ4n) is 2.13. The lowest BCUT2D eigenvalue weighted by atomic mass is 9.67. The fraction of sp³-hybridized carbons (Fsp3) is 1.00. The van der Waals surface area contributed by atoms with Crippen molar-refractivity contribution in [3.63, 3.8) is 0 Å². The summed E-state index contributed by atoms with van der Waals surface area (Å²) < 4.78 is 0. The number of hydrogen-bond acceptors (Lipinski definition) is 0. The summed E-state index contributed by atoms with van der Waals surface area (Å²) in [5, 5.41) is 0. The van der Waals surface area contributed by atoms with E-state index in [2.05, 4.69) is 20.8 Å². The maximum absolute atomic E-state index is 2.46. The van der Waals surface area contributed by atoms with Crippen molar-refractivity contribution in [1.82, 2.24) is 0 Å². The standard InChI is InChI=1S/C12H24/c1-11(2)7-4-5-8-12(3)9-6-10-12/h11H,4-10H2,1-3H3. The molecule has 12 heavy (non-hydrogen) atoms. The van der Waals surface area contributed by atoms with E-state index >= 15 is 0 Å². The maximum Gasteiger partial charge on any atom is -0.0326 e. The molecule has 1 saturated carbocycles. The van der Waals surface area contributed by atoms with Crippen molar-refractivity contribution in [1.29, 1.82) is 0 Å². The molecular weight excluding hydrogens is 144 g/mol. The molecule has 0 aromatic rings. The van der Waals surface area contributed by atoms with Crippen molar-refractivity contribution in [3.8, 4) is 0 Å². The van der Waals surface area contributed by atoms with Crippen molar-refractivity contribution in [2.75, 3.05) is 0 Å². The van der Waals surface area contributed by atoms with Crippen LogP contribution in [0.4, 0.5) is 0 Å². The lowest BCUT2D eigenvalue weighted by molar-refractivity contribution is 0.141. The van der Waals surface area contributed by atoms with E-state index < -0.39 is 0 Å². The average molecular weight is 168 g/mol. The fourth-order valence-corrected chi connectivity index (χ4v) is 2.13. The van der Waals surface area contributed by atoms with E-state index in [0.717, 1.165) is 11.3 Å². The SMILES string of the molecule is CC(C)CCCCC1(C)CCC1. The Morgan fingerprint density at radius 2 is 1.83 bits per heavy atom. The molecule has 0 nitrogen and oxygen atoms in total. The van der Waals surface area contributed by atoms with Crippen LogP contribution in [0.1, 0.15) is 65.7 Å². The molecule has 0 amide bonds. The van der Waals surface area contributed by atoms with Gasteiger partial charge >= 0.3 is 0 Å². The molecule has 0 atom stereocenters. The smallest absolute Gasteiger partial charge is 0.0326 e. The maximum atomic E-state index is 2.46. The Balaban J connectivity index is 1.95. The molecule has 0 bridgehead atoms. The predicted octanol–water partition coefficient (Wildman–Crippen LogP) is 4.39. The molecule has 0 spiro atoms. The minimum Gasteiger partial charge on any atom is -0.0628 e. The molecule has 0 heterocycles. The van der Waals surface area contributed by atoms with Gasteiger partial charge in [0.1, 0.15) is 0 Å². The normalized spacial score (nSPS) is 21.0. The Morgan fingerprint density at radius 3 is 2.25 bits per heavy atom. The molecule has 0 aromatic carbocycles. The van der Waals surface area contributed by atoms with Gasteiger partial charge in [-0.2, -0.15) is 0 Å². The van der Waals surface area contributed by atoms with Crippen LogP contribution >= 0.6 is 0 Å². The van der Waals surface area contributed by atoms with Gasteiger partial charge in [0.2, 0.25) is 0 Å². The summed E-state index contributed by atoms with van der Waals surface area (Å²) in [7, 11) is 0. The van der Waals surface area contributed by atoms with Crippen LogP contribution in [0.25, 0.3) is 0 Å². The lowest BCUT2D eigenvalue weighted by Crippen LogP contribution is -2.25. The first-order chi connectivity index (χ1) is 5.62. The third kappa shape index (κ3) is 3.16. The summed E-state index contributed by atoms with van der Waals surface area (Å²) >= 11 is 0. The van der Waals surface area contributed by atoms with Crippen LogP contribution in [0.5, 0.6) is 0 Å². The minimum absolute atomic E-state index is 0.761. The van der Waals surface area contributed by atoms with Gasteiger partial charge in [-0.15, -0.1) is 0 Å². The molecule has 0 N–H and O–H groups in total. The van der Waals surface area contributed by atoms with E-state index in [1.807, 2.05) is 0 Å². The highest BCUT2D eigenvalue weighted by molar-refractivity contribution is 4.82. The quantitative estimate of drug-likeness (QED) is 0.534. The lowest BCUT2D eigenvalue weighted by Gasteiger charge is -2.38. The summed E-state index contributed by atoms with van der Waals surface area (Å²) in [5.41, 5.74) is 0.761. The highest BCUT2D eigenvalue weighted by atomic mass is 14.4. The predicted molar refractivity (Wildman–Crippen MR) is 55.3 cm³/mol. The van der Waals surface area contributed by atoms with Gasteiger partial charge in [-0.1, -0.05) is 46.5 Å². The first-order valence-corrected chi connectivity index (χ1v) is 5.62. The molecule has 72 valence electrons. The highest BCUT2D eigenvalue weighted by Crippen LogP contribution is 2.44. The molecule has 0 aliphatic heterocycles. The topological polar surface area (TPSA) is 0 Å². The Hall–Kier alpha value is 0. The van der Waals surface area contributed by atoms with Gasteiger partial charge in [-0.25, -0.2) is 0 Å². The van der Waals surface area contributed by atoms with Gasteiger partial charge in [-0.3, -0.25) is 0 Å². The van der Waals surface area contributed by atoms with Crippen molar-refractivity contribution in [2.24, 2.45) is 11.3 Å². The molecule has 0 aromatic heterocycles. The first-order valence-electron chi connectivity index (χ1n) is 5.62. The zero-order valence-corrected chi connectivity index (χ0v) is 9.03. The van der Waals surface area contributed by atoms with E-state index in [1.165, 1.54) is 44.9 Å². The summed E-state index contributed by atoms with van der Waals surface area (Å²) in [5.74, 6) is 0.902. The number of rotatable bonds is 5. The Labute approximate surface area is 77.7 Å². The summed E-state index contributed by atoms with van der Waals surface area (Å²) in [6.45, 7) is 7.11. The van der Waals surface area contributed by atoms with Crippen LogP contribution in [0, 0.1) is 11.3 Å². The summed E-state index contributed by atoms with van der Waals surface area (Å²) in [6.07, 6.45) is 10.3. The van der Waals surface area contributed by atoms with Gasteiger partial charge in [0.15, 0.2) is 0 Å². The zero-order valence-electron chi connectivity index (χ0n) is 9.03. The highest BCUT2D eigenvalue weighted by Gasteiger charge is 2.30. The van der Waals surface area contributed by atoms with Crippen molar-refractivity contribution in [3.05, 3.63) is 0 Å². The van der Waals surface area contributed by atoms with E-state index in [0.29, 0.717) is 0 Å². The van der Waals surface area contributed by atoms with Crippen LogP contribution in [0.15, 0.2) is 0 Å². The van der Waals surface area contributed by atoms with Crippen LogP contribution in [-0.4, -0.2) is 0 Å². The number of hydrogen-bond donors (Lipinski definition) is 0. The zero-order chi connectivity index (χ0) is 9.03. The molecule has 1 aliphatic carbocycles. The second-order valence-electron chi connectivity index (χ2n) is 5.30. The van der Waals surface area contributed by atoms with Gasteiger partial charge in [0.05, 0.1) is 0 Å². The molecule has 0 heteroatoms. The van der Waals surface area contributed by atoms with E-state index in [4.69, 9.17) is 0 Å². The molecule has 1 aliphatic rings. The monoisotopic (exact) mass is 168 g/mol. The average Bonchev–Trinajstić information content (AvgIpc) is 1.94. The van der Waals surface area contributed by atoms with Gasteiger partial charge in [0.25, 0.3) is 0 Å². The Kier molecular flexibility index (Phi) is 3.61. The third-order valence-electron chi connectivity index (χ3n) is 3.37. The van der Waals surface area contributed by atoms with Crippen LogP contribution < -0.4 is 0 Å². The van der Waals surface area contributed by atoms with Crippen molar-refractivity contribution < 1.29 is 0 Å². The minimum atomic E-state index is 0.761. The van der Waals surface area contributed by atoms with Crippen LogP contribution in [-0.2, 0) is 0 Å². The molecule has 1 rings (SSSR count). The second kappa shape index (κ2) is 4.30. The molecule has 0 radical (unpaired) electrons. The Bertz CT molecular complexity index is 120. The third-order valence-corrected chi connectivity index (χ3v) is 3.37. The first kappa shape index (κ1) is 10.1. The largest absolute Gasteiger partial charge is 0.0628 e. The van der Waals surface area contributed by atoms with Gasteiger partial charge < -0.3 is 0 Å². The van der Waals surface area contributed by atoms with Gasteiger partial charge in [0, 0.05) is 0 Å². The van der Waals surface area contributed by atoms with E-state index in [1.54, 1.807) is 0 Å². The molecular formula is C12H24. The Morgan fingerprint density at radius 1 is 1.17 bits per heavy atom. The number of unbranched alkanes of at least 4 members (excludes halogenated alkanes) is 1. The summed E-state index contributed by atoms with van der Waals surface area (Å²) in [6, 6.07) is 0. The van der Waals surface area contributed by atoms with Gasteiger partial charge in [-0.05, 0) is 30.6 Å². The molecule has 0 saturated heterocycles. The molecule has 1 fully saturated rings.